The molecule has 3 aromatic rings. The highest BCUT2D eigenvalue weighted by atomic mass is 79.9. The van der Waals surface area contributed by atoms with E-state index in [-0.39, 0.29) is 24.0 Å². The van der Waals surface area contributed by atoms with E-state index < -0.39 is 4.92 Å². The Kier molecular flexibility index (Phi) is 8.57. The molecule has 0 unspecified atom stereocenters. The lowest BCUT2D eigenvalue weighted by atomic mass is 10.1. The lowest BCUT2D eigenvalue weighted by molar-refractivity contribution is -0.384. The van der Waals surface area contributed by atoms with Crippen molar-refractivity contribution in [3.05, 3.63) is 98.0 Å². The van der Waals surface area contributed by atoms with Crippen molar-refractivity contribution in [3.63, 3.8) is 0 Å². The zero-order valence-corrected chi connectivity index (χ0v) is 19.5. The van der Waals surface area contributed by atoms with E-state index in [2.05, 4.69) is 32.5 Å². The van der Waals surface area contributed by atoms with Crippen molar-refractivity contribution < 1.29 is 14.5 Å². The summed E-state index contributed by atoms with van der Waals surface area (Å²) in [4.78, 5) is 22.9. The molecule has 0 fully saturated rings. The Morgan fingerprint density at radius 1 is 1.21 bits per heavy atom. The highest BCUT2D eigenvalue weighted by Gasteiger charge is 2.07. The topological polar surface area (TPSA) is 118 Å². The van der Waals surface area contributed by atoms with Crippen molar-refractivity contribution in [2.24, 2.45) is 5.10 Å². The normalized spacial score (nSPS) is 10.5. The van der Waals surface area contributed by atoms with Crippen LogP contribution in [0.3, 0.4) is 0 Å². The van der Waals surface area contributed by atoms with Crippen molar-refractivity contribution in [3.8, 4) is 11.8 Å². The van der Waals surface area contributed by atoms with Gasteiger partial charge in [0.2, 0.25) is 5.91 Å². The van der Waals surface area contributed by atoms with Crippen molar-refractivity contribution >= 4 is 45.5 Å². The quantitative estimate of drug-likeness (QED) is 0.181. The molecule has 0 saturated carbocycles. The number of halogens is 1. The second-order valence-electron chi connectivity index (χ2n) is 6.58. The first-order valence-electron chi connectivity index (χ1n) is 9.56. The van der Waals surface area contributed by atoms with Crippen LogP contribution in [-0.2, 0) is 11.4 Å². The number of carbonyl (C=O) groups is 1. The van der Waals surface area contributed by atoms with Gasteiger partial charge in [0.1, 0.15) is 12.4 Å². The van der Waals surface area contributed by atoms with E-state index in [9.17, 15) is 14.9 Å². The third kappa shape index (κ3) is 7.17. The minimum Gasteiger partial charge on any atom is -0.488 e. The lowest BCUT2D eigenvalue weighted by Crippen LogP contribution is -2.19. The molecule has 0 saturated heterocycles. The summed E-state index contributed by atoms with van der Waals surface area (Å²) < 4.78 is 6.51. The molecule has 3 rings (SSSR count). The van der Waals surface area contributed by atoms with Crippen LogP contribution in [0.1, 0.15) is 16.7 Å². The van der Waals surface area contributed by atoms with Gasteiger partial charge >= 0.3 is 0 Å². The first kappa shape index (κ1) is 24.0. The van der Waals surface area contributed by atoms with Gasteiger partial charge in [-0.1, -0.05) is 18.2 Å². The van der Waals surface area contributed by atoms with E-state index in [4.69, 9.17) is 10.00 Å². The Morgan fingerprint density at radius 3 is 2.67 bits per heavy atom. The Morgan fingerprint density at radius 2 is 1.97 bits per heavy atom. The number of nitrogens with zero attached hydrogens (tertiary/aromatic N) is 3. The molecule has 166 valence electrons. The molecule has 33 heavy (non-hydrogen) atoms. The third-order valence-electron chi connectivity index (χ3n) is 4.30. The van der Waals surface area contributed by atoms with Crippen LogP contribution < -0.4 is 10.2 Å². The maximum absolute atomic E-state index is 12.0. The number of thioether (sulfide) groups is 1. The summed E-state index contributed by atoms with van der Waals surface area (Å²) >= 11 is 4.71. The van der Waals surface area contributed by atoms with Gasteiger partial charge in [-0.3, -0.25) is 14.9 Å². The molecule has 10 heteroatoms. The maximum Gasteiger partial charge on any atom is 0.269 e. The van der Waals surface area contributed by atoms with Gasteiger partial charge in [0.25, 0.3) is 5.69 Å². The van der Waals surface area contributed by atoms with Gasteiger partial charge in [0.05, 0.1) is 33.0 Å². The molecule has 0 aliphatic heterocycles. The largest absolute Gasteiger partial charge is 0.488 e. The molecule has 0 aliphatic carbocycles. The molecule has 1 amide bonds. The fraction of sp³-hybridized carbons (Fsp3) is 0.0870. The molecule has 1 N–H and O–H groups in total. The number of carbonyl (C=O) groups excluding carboxylic acids is 1. The predicted molar refractivity (Wildman–Crippen MR) is 129 cm³/mol. The van der Waals surface area contributed by atoms with Crippen LogP contribution in [0.15, 0.2) is 81.2 Å². The van der Waals surface area contributed by atoms with E-state index in [0.29, 0.717) is 15.8 Å². The zero-order valence-electron chi connectivity index (χ0n) is 17.1. The molecule has 0 bridgehead atoms. The van der Waals surface area contributed by atoms with Crippen LogP contribution in [0.25, 0.3) is 0 Å². The minimum atomic E-state index is -0.472. The Hall–Kier alpha value is -3.68. The second-order valence-corrected chi connectivity index (χ2v) is 8.48. The number of ether oxygens (including phenoxy) is 1. The van der Waals surface area contributed by atoms with E-state index >= 15 is 0 Å². The van der Waals surface area contributed by atoms with Gasteiger partial charge in [-0.05, 0) is 57.9 Å². The molecular weight excluding hydrogens is 508 g/mol. The van der Waals surface area contributed by atoms with Gasteiger partial charge in [0, 0.05) is 22.6 Å². The summed E-state index contributed by atoms with van der Waals surface area (Å²) in [5, 5.41) is 23.8. The first-order chi connectivity index (χ1) is 16.0. The van der Waals surface area contributed by atoms with Gasteiger partial charge in [-0.15, -0.1) is 11.8 Å². The van der Waals surface area contributed by atoms with Crippen molar-refractivity contribution in [1.82, 2.24) is 5.43 Å². The molecular formula is C23H17BrN4O4S. The van der Waals surface area contributed by atoms with Crippen molar-refractivity contribution in [2.45, 2.75) is 11.5 Å². The summed E-state index contributed by atoms with van der Waals surface area (Å²) in [7, 11) is 0. The number of hydrazone groups is 1. The zero-order chi connectivity index (χ0) is 23.6. The summed E-state index contributed by atoms with van der Waals surface area (Å²) in [5.41, 5.74) is 4.56. The molecule has 0 radical (unpaired) electrons. The van der Waals surface area contributed by atoms with E-state index in [0.717, 1.165) is 16.0 Å². The van der Waals surface area contributed by atoms with Crippen LogP contribution in [0.2, 0.25) is 0 Å². The van der Waals surface area contributed by atoms with E-state index in [1.165, 1.54) is 30.1 Å². The average Bonchev–Trinajstić information content (AvgIpc) is 2.82. The number of nitro groups is 1. The van der Waals surface area contributed by atoms with Crippen LogP contribution in [0, 0.1) is 21.4 Å². The summed E-state index contributed by atoms with van der Waals surface area (Å²) in [6, 6.07) is 20.7. The van der Waals surface area contributed by atoms with E-state index in [1.807, 2.05) is 12.1 Å². The SMILES string of the molecule is N#Cc1ccccc1COc1ccc(/C=N\NC(=O)CSc2ccc([N+](=O)[O-])cc2)cc1Br. The number of nitro benzene ring substituents is 1. The number of nitriles is 1. The van der Waals surface area contributed by atoms with E-state index in [1.54, 1.807) is 42.5 Å². The molecule has 0 spiro atoms. The molecule has 0 aromatic heterocycles. The fourth-order valence-corrected chi connectivity index (χ4v) is 3.85. The smallest absolute Gasteiger partial charge is 0.269 e. The average molecular weight is 525 g/mol. The number of amides is 1. The Labute approximate surface area is 202 Å². The monoisotopic (exact) mass is 524 g/mol. The Bertz CT molecular complexity index is 1230. The molecule has 0 atom stereocenters. The van der Waals surface area contributed by atoms with Crippen molar-refractivity contribution in [1.29, 1.82) is 5.26 Å². The molecule has 0 aliphatic rings. The van der Waals surface area contributed by atoms with Crippen LogP contribution in [0.4, 0.5) is 5.69 Å². The molecule has 0 heterocycles. The lowest BCUT2D eigenvalue weighted by Gasteiger charge is -2.10. The fourth-order valence-electron chi connectivity index (χ4n) is 2.65. The van der Waals surface area contributed by atoms with Gasteiger partial charge in [0.15, 0.2) is 0 Å². The standard InChI is InChI=1S/C23H17BrN4O4S/c24-21-11-16(5-10-22(21)32-14-18-4-2-1-3-17(18)12-25)13-26-27-23(29)15-33-20-8-6-19(7-9-20)28(30)31/h1-11,13H,14-15H2,(H,27,29)/b26-13-. The minimum absolute atomic E-state index is 0.00275. The highest BCUT2D eigenvalue weighted by molar-refractivity contribution is 9.10. The maximum atomic E-state index is 12.0. The second kappa shape index (κ2) is 11.8. The Balaban J connectivity index is 1.48. The van der Waals surface area contributed by atoms with Gasteiger partial charge < -0.3 is 4.74 Å². The number of non-ortho nitro benzene ring substituents is 1. The highest BCUT2D eigenvalue weighted by Crippen LogP contribution is 2.27. The van der Waals surface area contributed by atoms with Gasteiger partial charge in [-0.25, -0.2) is 5.43 Å². The first-order valence-corrected chi connectivity index (χ1v) is 11.3. The van der Waals surface area contributed by atoms with Gasteiger partial charge in [-0.2, -0.15) is 10.4 Å². The number of hydrogen-bond acceptors (Lipinski definition) is 7. The van der Waals surface area contributed by atoms with Crippen LogP contribution >= 0.6 is 27.7 Å². The number of nitrogens with one attached hydrogen (secondary N) is 1. The van der Waals surface area contributed by atoms with Crippen LogP contribution in [0.5, 0.6) is 5.75 Å². The number of benzene rings is 3. The number of rotatable bonds is 9. The summed E-state index contributed by atoms with van der Waals surface area (Å²) in [6.45, 7) is 0.262. The van der Waals surface area contributed by atoms with Crippen LogP contribution in [-0.4, -0.2) is 22.8 Å². The number of hydrogen-bond donors (Lipinski definition) is 1. The molecule has 8 nitrogen and oxygen atoms in total. The van der Waals surface area contributed by atoms with Crippen molar-refractivity contribution in [2.75, 3.05) is 5.75 Å². The third-order valence-corrected chi connectivity index (χ3v) is 5.93. The summed E-state index contributed by atoms with van der Waals surface area (Å²) in [5.74, 6) is 0.434. The summed E-state index contributed by atoms with van der Waals surface area (Å²) in [6.07, 6.45) is 1.51. The predicted octanol–water partition coefficient (Wildman–Crippen LogP) is 5.05. The molecule has 3 aromatic carbocycles.